The third-order valence-electron chi connectivity index (χ3n) is 3.10. The zero-order valence-corrected chi connectivity index (χ0v) is 12.4. The molecule has 5 nitrogen and oxygen atoms in total. The van der Waals surface area contributed by atoms with Crippen molar-refractivity contribution in [3.63, 3.8) is 0 Å². The van der Waals surface area contributed by atoms with Gasteiger partial charge in [0.05, 0.1) is 0 Å². The Kier molecular flexibility index (Phi) is 4.93. The maximum Gasteiger partial charge on any atom is 0.338 e. The number of hydrogen-bond acceptors (Lipinski definition) is 5. The number of benzene rings is 1. The number of hydrogen-bond donors (Lipinski definition) is 2. The number of halogens is 1. The molecular formula is C14H15BrO5. The van der Waals surface area contributed by atoms with Crippen LogP contribution in [-0.2, 0) is 14.3 Å². The van der Waals surface area contributed by atoms with E-state index < -0.39 is 30.4 Å². The minimum atomic E-state index is -1.19. The lowest BCUT2D eigenvalue weighted by atomic mass is 10.0. The lowest BCUT2D eigenvalue weighted by molar-refractivity contribution is -0.150. The Bertz CT molecular complexity index is 516. The number of carbonyl (C=O) groups excluding carboxylic acids is 1. The molecule has 2 N–H and O–H groups in total. The monoisotopic (exact) mass is 342 g/mol. The number of rotatable bonds is 4. The highest BCUT2D eigenvalue weighted by Gasteiger charge is 2.46. The van der Waals surface area contributed by atoms with Crippen molar-refractivity contribution in [2.24, 2.45) is 0 Å². The first-order valence-electron chi connectivity index (χ1n) is 6.06. The summed E-state index contributed by atoms with van der Waals surface area (Å²) in [6.45, 7) is 0. The van der Waals surface area contributed by atoms with Crippen molar-refractivity contribution >= 4 is 28.0 Å². The lowest BCUT2D eigenvalue weighted by Crippen LogP contribution is -2.38. The number of aliphatic hydroxyl groups excluding tert-OH is 2. The van der Waals surface area contributed by atoms with Crippen molar-refractivity contribution in [2.75, 3.05) is 7.11 Å². The van der Waals surface area contributed by atoms with E-state index in [1.54, 1.807) is 6.08 Å². The highest BCUT2D eigenvalue weighted by Crippen LogP contribution is 2.23. The summed E-state index contributed by atoms with van der Waals surface area (Å²) in [6.07, 6.45) is -1.21. The van der Waals surface area contributed by atoms with Gasteiger partial charge in [-0.3, -0.25) is 0 Å². The van der Waals surface area contributed by atoms with E-state index in [9.17, 15) is 15.0 Å². The Morgan fingerprint density at radius 1 is 1.45 bits per heavy atom. The second kappa shape index (κ2) is 6.49. The van der Waals surface area contributed by atoms with Gasteiger partial charge in [-0.25, -0.2) is 4.79 Å². The predicted octanol–water partition coefficient (Wildman–Crippen LogP) is 1.12. The molecule has 0 aliphatic carbocycles. The quantitative estimate of drug-likeness (QED) is 0.802. The van der Waals surface area contributed by atoms with Gasteiger partial charge in [0.15, 0.2) is 12.2 Å². The second-order valence-corrected chi connectivity index (χ2v) is 5.27. The zero-order chi connectivity index (χ0) is 14.7. The third-order valence-corrected chi connectivity index (χ3v) is 3.82. The van der Waals surface area contributed by atoms with E-state index in [0.717, 1.165) is 10.0 Å². The molecule has 20 heavy (non-hydrogen) atoms. The number of ether oxygens (including phenoxy) is 2. The molecule has 1 aliphatic heterocycles. The SMILES string of the molecule is CO[C@H]1C(=O)O[C@@H]([C@H](O)C=Cc2ccccc2Br)C1O. The molecule has 0 radical (unpaired) electrons. The molecule has 2 rings (SSSR count). The van der Waals surface area contributed by atoms with Crippen molar-refractivity contribution in [2.45, 2.75) is 24.4 Å². The average molecular weight is 343 g/mol. The highest BCUT2D eigenvalue weighted by atomic mass is 79.9. The van der Waals surface area contributed by atoms with E-state index in [0.29, 0.717) is 0 Å². The first-order chi connectivity index (χ1) is 9.54. The van der Waals surface area contributed by atoms with Crippen LogP contribution in [0.3, 0.4) is 0 Å². The minimum Gasteiger partial charge on any atom is -0.454 e. The molecule has 1 aromatic carbocycles. The maximum atomic E-state index is 11.4. The number of esters is 1. The Hall–Kier alpha value is -1.21. The van der Waals surface area contributed by atoms with Crippen LogP contribution in [0.4, 0.5) is 0 Å². The summed E-state index contributed by atoms with van der Waals surface area (Å²) in [4.78, 5) is 11.4. The van der Waals surface area contributed by atoms with Gasteiger partial charge in [0.25, 0.3) is 0 Å². The van der Waals surface area contributed by atoms with Crippen molar-refractivity contribution in [1.29, 1.82) is 0 Å². The van der Waals surface area contributed by atoms with Crippen LogP contribution in [0, 0.1) is 0 Å². The maximum absolute atomic E-state index is 11.4. The molecule has 108 valence electrons. The molecule has 0 amide bonds. The van der Waals surface area contributed by atoms with Crippen LogP contribution < -0.4 is 0 Å². The first-order valence-corrected chi connectivity index (χ1v) is 6.86. The second-order valence-electron chi connectivity index (χ2n) is 4.42. The lowest BCUT2D eigenvalue weighted by Gasteiger charge is -2.17. The van der Waals surface area contributed by atoms with Crippen LogP contribution in [0.5, 0.6) is 0 Å². The summed E-state index contributed by atoms with van der Waals surface area (Å²) in [6, 6.07) is 7.48. The number of carbonyl (C=O) groups is 1. The predicted molar refractivity (Wildman–Crippen MR) is 75.9 cm³/mol. The fourth-order valence-corrected chi connectivity index (χ4v) is 2.43. The summed E-state index contributed by atoms with van der Waals surface area (Å²) in [5, 5.41) is 19.9. The van der Waals surface area contributed by atoms with Gasteiger partial charge in [0.1, 0.15) is 12.2 Å². The third kappa shape index (κ3) is 3.09. The van der Waals surface area contributed by atoms with Crippen molar-refractivity contribution in [3.05, 3.63) is 40.4 Å². The van der Waals surface area contributed by atoms with Crippen molar-refractivity contribution in [1.82, 2.24) is 0 Å². The smallest absolute Gasteiger partial charge is 0.338 e. The number of cyclic esters (lactones) is 1. The Labute approximate surface area is 125 Å². The normalized spacial score (nSPS) is 27.8. The van der Waals surface area contributed by atoms with Crippen LogP contribution in [0.15, 0.2) is 34.8 Å². The van der Waals surface area contributed by atoms with E-state index in [2.05, 4.69) is 15.9 Å². The van der Waals surface area contributed by atoms with Gasteiger partial charge in [-0.1, -0.05) is 46.3 Å². The van der Waals surface area contributed by atoms with Gasteiger partial charge in [-0.15, -0.1) is 0 Å². The van der Waals surface area contributed by atoms with E-state index in [1.807, 2.05) is 24.3 Å². The number of aliphatic hydroxyl groups is 2. The topological polar surface area (TPSA) is 76.0 Å². The fourth-order valence-electron chi connectivity index (χ4n) is 2.01. The van der Waals surface area contributed by atoms with Gasteiger partial charge in [0.2, 0.25) is 0 Å². The minimum absolute atomic E-state index is 0.668. The molecule has 1 aliphatic rings. The van der Waals surface area contributed by atoms with Gasteiger partial charge in [0, 0.05) is 11.6 Å². The van der Waals surface area contributed by atoms with Crippen molar-refractivity contribution in [3.8, 4) is 0 Å². The standard InChI is InChI=1S/C14H15BrO5/c1-19-13-11(17)12(20-14(13)18)10(16)7-6-8-4-2-3-5-9(8)15/h2-7,10-13,16-17H,1H3/t10-,11?,12+,13-/m1/s1. The molecule has 4 atom stereocenters. The zero-order valence-electron chi connectivity index (χ0n) is 10.8. The van der Waals surface area contributed by atoms with Gasteiger partial charge in [-0.05, 0) is 11.6 Å². The molecule has 1 fully saturated rings. The van der Waals surface area contributed by atoms with E-state index >= 15 is 0 Å². The number of methoxy groups -OCH3 is 1. The summed E-state index contributed by atoms with van der Waals surface area (Å²) in [7, 11) is 1.31. The van der Waals surface area contributed by atoms with Crippen molar-refractivity contribution < 1.29 is 24.5 Å². The molecule has 1 heterocycles. The van der Waals surface area contributed by atoms with Gasteiger partial charge < -0.3 is 19.7 Å². The summed E-state index contributed by atoms with van der Waals surface area (Å²) < 4.78 is 10.6. The first kappa shape index (κ1) is 15.2. The Morgan fingerprint density at radius 2 is 2.15 bits per heavy atom. The summed E-state index contributed by atoms with van der Waals surface area (Å²) in [5.41, 5.74) is 0.869. The molecule has 1 aromatic rings. The van der Waals surface area contributed by atoms with Crippen LogP contribution in [-0.4, -0.2) is 47.7 Å². The average Bonchev–Trinajstić information content (AvgIpc) is 2.72. The fraction of sp³-hybridized carbons (Fsp3) is 0.357. The van der Waals surface area contributed by atoms with Crippen LogP contribution in [0.2, 0.25) is 0 Å². The summed E-state index contributed by atoms with van der Waals surface area (Å²) in [5.74, 6) is -0.668. The molecule has 6 heteroatoms. The summed E-state index contributed by atoms with van der Waals surface area (Å²) >= 11 is 3.38. The van der Waals surface area contributed by atoms with E-state index in [-0.39, 0.29) is 0 Å². The Balaban J connectivity index is 2.08. The van der Waals surface area contributed by atoms with Crippen LogP contribution in [0.25, 0.3) is 6.08 Å². The molecule has 1 saturated heterocycles. The van der Waals surface area contributed by atoms with E-state index in [4.69, 9.17) is 9.47 Å². The molecule has 0 saturated carbocycles. The van der Waals surface area contributed by atoms with Crippen LogP contribution in [0.1, 0.15) is 5.56 Å². The molecule has 1 unspecified atom stereocenters. The molecule has 0 bridgehead atoms. The highest BCUT2D eigenvalue weighted by molar-refractivity contribution is 9.10. The molecular weight excluding hydrogens is 328 g/mol. The van der Waals surface area contributed by atoms with E-state index in [1.165, 1.54) is 13.2 Å². The van der Waals surface area contributed by atoms with Gasteiger partial charge in [-0.2, -0.15) is 0 Å². The van der Waals surface area contributed by atoms with Gasteiger partial charge >= 0.3 is 5.97 Å². The van der Waals surface area contributed by atoms with Crippen LogP contribution >= 0.6 is 15.9 Å². The Morgan fingerprint density at radius 3 is 2.75 bits per heavy atom. The molecule has 0 spiro atoms. The molecule has 0 aromatic heterocycles. The largest absolute Gasteiger partial charge is 0.454 e.